The minimum absolute atomic E-state index is 0.156. The fourth-order valence-corrected chi connectivity index (χ4v) is 5.33. The number of pyridine rings is 2. The first kappa shape index (κ1) is 23.1. The van der Waals surface area contributed by atoms with Gasteiger partial charge in [-0.3, -0.25) is 9.78 Å². The highest BCUT2D eigenvalue weighted by Gasteiger charge is 2.23. The van der Waals surface area contributed by atoms with E-state index in [1.165, 1.54) is 11.3 Å². The van der Waals surface area contributed by atoms with Crippen LogP contribution in [-0.4, -0.2) is 82.4 Å². The molecule has 2 saturated heterocycles. The number of ether oxygens (including phenoxy) is 1. The lowest BCUT2D eigenvalue weighted by Gasteiger charge is -2.29. The molecule has 180 valence electrons. The van der Waals surface area contributed by atoms with Crippen LogP contribution in [0.15, 0.2) is 30.7 Å². The number of hydrogen-bond donors (Lipinski definition) is 3. The van der Waals surface area contributed by atoms with E-state index < -0.39 is 0 Å². The maximum absolute atomic E-state index is 13.2. The van der Waals surface area contributed by atoms with E-state index in [-0.39, 0.29) is 18.1 Å². The third kappa shape index (κ3) is 5.35. The van der Waals surface area contributed by atoms with Crippen molar-refractivity contribution in [2.45, 2.75) is 37.8 Å². The standard InChI is InChI=1S/C24H30N6O3S/c31-18-3-9-30(10-4-18)11-8-26-22(32)19-15-27-24-21(20(19)28-17-5-12-33-13-6-17)29-23(34-24)16-2-1-7-25-14-16/h1-2,7,14-15,17-18,31H,3-6,8-13H2,(H,26,32)(H,27,28). The smallest absolute Gasteiger partial charge is 0.255 e. The van der Waals surface area contributed by atoms with Gasteiger partial charge >= 0.3 is 0 Å². The molecule has 0 bridgehead atoms. The van der Waals surface area contributed by atoms with Crippen molar-refractivity contribution < 1.29 is 14.6 Å². The number of rotatable bonds is 7. The lowest BCUT2D eigenvalue weighted by molar-refractivity contribution is 0.0804. The molecular formula is C24H30N6O3S. The Labute approximate surface area is 202 Å². The number of aliphatic hydroxyl groups excluding tert-OH is 1. The molecule has 0 unspecified atom stereocenters. The minimum Gasteiger partial charge on any atom is -0.393 e. The van der Waals surface area contributed by atoms with Crippen LogP contribution in [0.25, 0.3) is 20.9 Å². The van der Waals surface area contributed by atoms with Crippen LogP contribution < -0.4 is 10.6 Å². The van der Waals surface area contributed by atoms with Crippen molar-refractivity contribution in [1.29, 1.82) is 0 Å². The molecular weight excluding hydrogens is 452 g/mol. The average molecular weight is 483 g/mol. The third-order valence-corrected chi connectivity index (χ3v) is 7.43. The van der Waals surface area contributed by atoms with Crippen molar-refractivity contribution >= 4 is 33.3 Å². The zero-order valence-corrected chi connectivity index (χ0v) is 19.9. The van der Waals surface area contributed by atoms with Crippen LogP contribution in [0, 0.1) is 0 Å². The first-order valence-electron chi connectivity index (χ1n) is 11.9. The molecule has 10 heteroatoms. The highest BCUT2D eigenvalue weighted by atomic mass is 32.1. The predicted octanol–water partition coefficient (Wildman–Crippen LogP) is 2.53. The SMILES string of the molecule is O=C(NCCN1CCC(O)CC1)c1cnc2sc(-c3cccnc3)nc2c1NC1CCOCC1. The zero-order valence-electron chi connectivity index (χ0n) is 19.1. The predicted molar refractivity (Wildman–Crippen MR) is 132 cm³/mol. The second kappa shape index (κ2) is 10.7. The number of likely N-dealkylation sites (tertiary alicyclic amines) is 1. The quantitative estimate of drug-likeness (QED) is 0.471. The van der Waals surface area contributed by atoms with E-state index in [4.69, 9.17) is 9.72 Å². The molecule has 0 radical (unpaired) electrons. The van der Waals surface area contributed by atoms with Crippen molar-refractivity contribution in [3.05, 3.63) is 36.3 Å². The summed E-state index contributed by atoms with van der Waals surface area (Å²) < 4.78 is 5.51. The van der Waals surface area contributed by atoms with Gasteiger partial charge in [0.1, 0.15) is 15.4 Å². The minimum atomic E-state index is -0.197. The van der Waals surface area contributed by atoms with E-state index in [9.17, 15) is 9.90 Å². The first-order chi connectivity index (χ1) is 16.7. The summed E-state index contributed by atoms with van der Waals surface area (Å²) in [5, 5.41) is 17.2. The molecule has 0 aliphatic carbocycles. The largest absolute Gasteiger partial charge is 0.393 e. The number of anilines is 1. The van der Waals surface area contributed by atoms with Gasteiger partial charge in [0.05, 0.1) is 17.4 Å². The molecule has 0 spiro atoms. The van der Waals surface area contributed by atoms with E-state index >= 15 is 0 Å². The number of fused-ring (bicyclic) bond motifs is 1. The summed E-state index contributed by atoms with van der Waals surface area (Å²) in [4.78, 5) is 29.9. The van der Waals surface area contributed by atoms with Crippen LogP contribution in [0.1, 0.15) is 36.0 Å². The fraction of sp³-hybridized carbons (Fsp3) is 0.500. The topological polar surface area (TPSA) is 113 Å². The Morgan fingerprint density at radius 2 is 2.03 bits per heavy atom. The molecule has 3 aromatic rings. The molecule has 5 heterocycles. The maximum atomic E-state index is 13.2. The zero-order chi connectivity index (χ0) is 23.3. The van der Waals surface area contributed by atoms with E-state index in [0.29, 0.717) is 30.8 Å². The van der Waals surface area contributed by atoms with Gasteiger partial charge in [0, 0.05) is 69.6 Å². The lowest BCUT2D eigenvalue weighted by atomic mass is 10.1. The molecule has 2 aliphatic rings. The van der Waals surface area contributed by atoms with Crippen LogP contribution in [0.3, 0.4) is 0 Å². The van der Waals surface area contributed by atoms with E-state index in [1.54, 1.807) is 18.6 Å². The summed E-state index contributed by atoms with van der Waals surface area (Å²) in [6.45, 7) is 4.43. The van der Waals surface area contributed by atoms with Crippen LogP contribution in [-0.2, 0) is 4.74 Å². The van der Waals surface area contributed by atoms with Gasteiger partial charge in [-0.2, -0.15) is 0 Å². The van der Waals surface area contributed by atoms with Gasteiger partial charge in [-0.05, 0) is 37.8 Å². The Hall–Kier alpha value is -2.66. The van der Waals surface area contributed by atoms with Gasteiger partial charge in [-0.15, -0.1) is 0 Å². The summed E-state index contributed by atoms with van der Waals surface area (Å²) in [5.74, 6) is -0.156. The summed E-state index contributed by atoms with van der Waals surface area (Å²) in [7, 11) is 0. The Morgan fingerprint density at radius 1 is 1.21 bits per heavy atom. The number of amides is 1. The van der Waals surface area contributed by atoms with Gasteiger partial charge in [0.2, 0.25) is 0 Å². The van der Waals surface area contributed by atoms with Crippen molar-refractivity contribution in [3.8, 4) is 10.6 Å². The average Bonchev–Trinajstić information content (AvgIpc) is 3.32. The van der Waals surface area contributed by atoms with E-state index in [0.717, 1.165) is 66.4 Å². The van der Waals surface area contributed by atoms with Crippen LogP contribution in [0.2, 0.25) is 0 Å². The number of hydrogen-bond acceptors (Lipinski definition) is 9. The fourth-order valence-electron chi connectivity index (χ4n) is 4.42. The van der Waals surface area contributed by atoms with Crippen LogP contribution in [0.4, 0.5) is 5.69 Å². The first-order valence-corrected chi connectivity index (χ1v) is 12.7. The highest BCUT2D eigenvalue weighted by molar-refractivity contribution is 7.21. The molecule has 0 atom stereocenters. The number of thiazole rings is 1. The Balaban J connectivity index is 1.37. The van der Waals surface area contributed by atoms with Gasteiger partial charge < -0.3 is 25.4 Å². The molecule has 0 saturated carbocycles. The number of nitrogens with one attached hydrogen (secondary N) is 2. The molecule has 9 nitrogen and oxygen atoms in total. The number of carbonyl (C=O) groups is 1. The Bertz CT molecular complexity index is 1110. The number of aliphatic hydroxyl groups is 1. The molecule has 1 amide bonds. The van der Waals surface area contributed by atoms with Crippen molar-refractivity contribution in [1.82, 2.24) is 25.2 Å². The molecule has 5 rings (SSSR count). The van der Waals surface area contributed by atoms with Crippen molar-refractivity contribution in [3.63, 3.8) is 0 Å². The van der Waals surface area contributed by atoms with Crippen molar-refractivity contribution in [2.24, 2.45) is 0 Å². The normalized spacial score (nSPS) is 18.3. The van der Waals surface area contributed by atoms with Crippen molar-refractivity contribution in [2.75, 3.05) is 44.7 Å². The number of aromatic nitrogens is 3. The van der Waals surface area contributed by atoms with E-state index in [1.807, 2.05) is 12.1 Å². The molecule has 3 N–H and O–H groups in total. The summed E-state index contributed by atoms with van der Waals surface area (Å²) >= 11 is 1.50. The molecule has 34 heavy (non-hydrogen) atoms. The summed E-state index contributed by atoms with van der Waals surface area (Å²) in [5.41, 5.74) is 2.89. The third-order valence-electron chi connectivity index (χ3n) is 6.42. The second-order valence-electron chi connectivity index (χ2n) is 8.82. The highest BCUT2D eigenvalue weighted by Crippen LogP contribution is 2.35. The van der Waals surface area contributed by atoms with Gasteiger partial charge in [-0.1, -0.05) is 11.3 Å². The summed E-state index contributed by atoms with van der Waals surface area (Å²) in [6.07, 6.45) is 8.32. The molecule has 0 aromatic carbocycles. The molecule has 3 aromatic heterocycles. The number of piperidine rings is 1. The molecule has 2 aliphatic heterocycles. The molecule has 2 fully saturated rings. The summed E-state index contributed by atoms with van der Waals surface area (Å²) in [6, 6.07) is 4.08. The maximum Gasteiger partial charge on any atom is 0.255 e. The van der Waals surface area contributed by atoms with Gasteiger partial charge in [-0.25, -0.2) is 9.97 Å². The number of nitrogens with zero attached hydrogens (tertiary/aromatic N) is 4. The Kier molecular flexibility index (Phi) is 7.29. The lowest BCUT2D eigenvalue weighted by Crippen LogP contribution is -2.41. The van der Waals surface area contributed by atoms with E-state index in [2.05, 4.69) is 25.5 Å². The van der Waals surface area contributed by atoms with Crippen LogP contribution in [0.5, 0.6) is 0 Å². The number of carbonyl (C=O) groups excluding carboxylic acids is 1. The second-order valence-corrected chi connectivity index (χ2v) is 9.80. The monoisotopic (exact) mass is 482 g/mol. The van der Waals surface area contributed by atoms with Crippen LogP contribution >= 0.6 is 11.3 Å². The Morgan fingerprint density at radius 3 is 2.79 bits per heavy atom. The van der Waals surface area contributed by atoms with Gasteiger partial charge in [0.25, 0.3) is 5.91 Å². The van der Waals surface area contributed by atoms with Gasteiger partial charge in [0.15, 0.2) is 0 Å².